The van der Waals surface area contributed by atoms with Gasteiger partial charge in [-0.25, -0.2) is 8.42 Å². The first-order chi connectivity index (χ1) is 23.3. The van der Waals surface area contributed by atoms with Gasteiger partial charge >= 0.3 is 0 Å². The summed E-state index contributed by atoms with van der Waals surface area (Å²) >= 11 is 0. The summed E-state index contributed by atoms with van der Waals surface area (Å²) in [6.45, 7) is 1.69. The first-order valence-electron chi connectivity index (χ1n) is 16.3. The highest BCUT2D eigenvalue weighted by atomic mass is 32.2. The Morgan fingerprint density at radius 2 is 1.29 bits per heavy atom. The Balaban J connectivity index is 1.35. The summed E-state index contributed by atoms with van der Waals surface area (Å²) < 4.78 is 38.1. The number of rotatable bonds is 15. The van der Waals surface area contributed by atoms with Gasteiger partial charge in [0.2, 0.25) is 21.8 Å². The number of methoxy groups -OCH3 is 2. The molecule has 1 fully saturated rings. The van der Waals surface area contributed by atoms with Crippen LogP contribution in [0.25, 0.3) is 0 Å². The third kappa shape index (κ3) is 8.81. The van der Waals surface area contributed by atoms with E-state index >= 15 is 0 Å². The third-order valence-corrected chi connectivity index (χ3v) is 10.5. The van der Waals surface area contributed by atoms with Crippen LogP contribution in [0.3, 0.4) is 0 Å². The topological polar surface area (TPSA) is 105 Å². The van der Waals surface area contributed by atoms with Crippen LogP contribution in [0.5, 0.6) is 11.5 Å². The molecule has 0 aromatic heterocycles. The second kappa shape index (κ2) is 16.4. The zero-order valence-corrected chi connectivity index (χ0v) is 28.3. The Morgan fingerprint density at radius 1 is 0.750 bits per heavy atom. The van der Waals surface area contributed by atoms with Crippen LogP contribution >= 0.6 is 0 Å². The number of benzene rings is 4. The standard InChI is InChI=1S/C38H43N3O6S/c1-46-33-17-10-30(11-18-33)24-25-39-38(43)37(32-8-4-3-5-9-32)41(28-31-12-19-34(47-2)20-13-31)36(42)23-16-29-14-21-35(22-15-29)48(44,45)40-26-6-7-27-40/h3-5,8-15,17-22,37H,6-7,16,23-28H2,1-2H3,(H,39,43)/t37-/m0/s1. The van der Waals surface area contributed by atoms with Crippen molar-refractivity contribution in [3.05, 3.63) is 125 Å². The van der Waals surface area contributed by atoms with Gasteiger partial charge in [-0.3, -0.25) is 9.59 Å². The molecular formula is C38H43N3O6S. The summed E-state index contributed by atoms with van der Waals surface area (Å²) in [5.41, 5.74) is 3.46. The number of carbonyl (C=O) groups is 2. The maximum Gasteiger partial charge on any atom is 0.247 e. The molecule has 1 N–H and O–H groups in total. The fourth-order valence-electron chi connectivity index (χ4n) is 5.88. The second-order valence-electron chi connectivity index (χ2n) is 11.8. The monoisotopic (exact) mass is 669 g/mol. The van der Waals surface area contributed by atoms with Gasteiger partial charge in [0.15, 0.2) is 0 Å². The molecule has 9 nitrogen and oxygen atoms in total. The van der Waals surface area contributed by atoms with Gasteiger partial charge in [0.1, 0.15) is 17.5 Å². The Labute approximate surface area is 283 Å². The predicted octanol–water partition coefficient (Wildman–Crippen LogP) is 5.55. The summed E-state index contributed by atoms with van der Waals surface area (Å²) in [4.78, 5) is 30.0. The highest BCUT2D eigenvalue weighted by molar-refractivity contribution is 7.89. The van der Waals surface area contributed by atoms with E-state index < -0.39 is 16.1 Å². The Hall–Kier alpha value is -4.67. The first kappa shape index (κ1) is 34.7. The number of amides is 2. The quantitative estimate of drug-likeness (QED) is 0.178. The number of hydrogen-bond acceptors (Lipinski definition) is 6. The maximum absolute atomic E-state index is 14.1. The van der Waals surface area contributed by atoms with Crippen LogP contribution in [-0.4, -0.2) is 63.3 Å². The minimum absolute atomic E-state index is 0.136. The largest absolute Gasteiger partial charge is 0.497 e. The van der Waals surface area contributed by atoms with E-state index in [1.165, 1.54) is 4.31 Å². The number of hydrogen-bond donors (Lipinski definition) is 1. The average Bonchev–Trinajstić information content (AvgIpc) is 3.68. The van der Waals surface area contributed by atoms with Crippen LogP contribution in [0.4, 0.5) is 0 Å². The Morgan fingerprint density at radius 3 is 1.88 bits per heavy atom. The number of aryl methyl sites for hydroxylation is 1. The summed E-state index contributed by atoms with van der Waals surface area (Å²) in [5, 5.41) is 3.07. The molecule has 0 saturated carbocycles. The molecule has 1 heterocycles. The van der Waals surface area contributed by atoms with E-state index in [0.717, 1.165) is 35.3 Å². The predicted molar refractivity (Wildman–Crippen MR) is 185 cm³/mol. The van der Waals surface area contributed by atoms with Crippen molar-refractivity contribution in [2.75, 3.05) is 33.9 Å². The van der Waals surface area contributed by atoms with Crippen molar-refractivity contribution in [1.82, 2.24) is 14.5 Å². The lowest BCUT2D eigenvalue weighted by molar-refractivity contribution is -0.141. The summed E-state index contributed by atoms with van der Waals surface area (Å²) in [7, 11) is -0.301. The number of nitrogens with one attached hydrogen (secondary N) is 1. The zero-order valence-electron chi connectivity index (χ0n) is 27.5. The molecule has 0 radical (unpaired) electrons. The molecule has 252 valence electrons. The normalized spacial score (nSPS) is 13.9. The van der Waals surface area contributed by atoms with E-state index in [-0.39, 0.29) is 29.7 Å². The van der Waals surface area contributed by atoms with Crippen molar-refractivity contribution in [2.45, 2.75) is 49.6 Å². The van der Waals surface area contributed by atoms with Crippen molar-refractivity contribution in [3.8, 4) is 11.5 Å². The highest BCUT2D eigenvalue weighted by Gasteiger charge is 2.31. The van der Waals surface area contributed by atoms with Crippen molar-refractivity contribution in [2.24, 2.45) is 0 Å². The van der Waals surface area contributed by atoms with E-state index in [1.54, 1.807) is 43.4 Å². The van der Waals surface area contributed by atoms with Crippen LogP contribution in [0.1, 0.15) is 47.6 Å². The zero-order chi connectivity index (χ0) is 33.9. The lowest BCUT2D eigenvalue weighted by Gasteiger charge is -2.32. The number of ether oxygens (including phenoxy) is 2. The van der Waals surface area contributed by atoms with E-state index in [4.69, 9.17) is 9.47 Å². The van der Waals surface area contributed by atoms with Gasteiger partial charge in [-0.2, -0.15) is 4.31 Å². The van der Waals surface area contributed by atoms with Gasteiger partial charge in [0, 0.05) is 32.6 Å². The molecule has 1 saturated heterocycles. The molecule has 4 aromatic carbocycles. The van der Waals surface area contributed by atoms with E-state index in [0.29, 0.717) is 43.8 Å². The van der Waals surface area contributed by atoms with Crippen LogP contribution in [0, 0.1) is 0 Å². The first-order valence-corrected chi connectivity index (χ1v) is 17.7. The smallest absolute Gasteiger partial charge is 0.247 e. The van der Waals surface area contributed by atoms with Crippen molar-refractivity contribution >= 4 is 21.8 Å². The molecule has 4 aromatic rings. The van der Waals surface area contributed by atoms with Gasteiger partial charge in [0.05, 0.1) is 19.1 Å². The van der Waals surface area contributed by atoms with E-state index in [2.05, 4.69) is 5.32 Å². The molecule has 1 atom stereocenters. The Bertz CT molecular complexity index is 1740. The lowest BCUT2D eigenvalue weighted by atomic mass is 10.0. The highest BCUT2D eigenvalue weighted by Crippen LogP contribution is 2.27. The van der Waals surface area contributed by atoms with Gasteiger partial charge < -0.3 is 19.7 Å². The van der Waals surface area contributed by atoms with E-state index in [9.17, 15) is 18.0 Å². The average molecular weight is 670 g/mol. The number of sulfonamides is 1. The van der Waals surface area contributed by atoms with Crippen LogP contribution in [0.2, 0.25) is 0 Å². The fraction of sp³-hybridized carbons (Fsp3) is 0.316. The van der Waals surface area contributed by atoms with Crippen LogP contribution < -0.4 is 14.8 Å². The minimum atomic E-state index is -3.52. The van der Waals surface area contributed by atoms with Crippen molar-refractivity contribution < 1.29 is 27.5 Å². The summed E-state index contributed by atoms with van der Waals surface area (Å²) in [6.07, 6.45) is 2.89. The SMILES string of the molecule is COc1ccc(CCNC(=O)[C@H](c2ccccc2)N(Cc2ccc(OC)cc2)C(=O)CCc2ccc(S(=O)(=O)N3CCCC3)cc2)cc1. The molecule has 1 aliphatic heterocycles. The lowest BCUT2D eigenvalue weighted by Crippen LogP contribution is -2.44. The molecule has 0 unspecified atom stereocenters. The van der Waals surface area contributed by atoms with Crippen molar-refractivity contribution in [1.29, 1.82) is 0 Å². The van der Waals surface area contributed by atoms with Gasteiger partial charge in [-0.15, -0.1) is 0 Å². The van der Waals surface area contributed by atoms with Gasteiger partial charge in [0.25, 0.3) is 0 Å². The molecular weight excluding hydrogens is 626 g/mol. The summed E-state index contributed by atoms with van der Waals surface area (Å²) in [6, 6.07) is 30.4. The molecule has 1 aliphatic rings. The molecule has 2 amide bonds. The Kier molecular flexibility index (Phi) is 11.9. The number of carbonyl (C=O) groups excluding carboxylic acids is 2. The van der Waals surface area contributed by atoms with Crippen LogP contribution in [-0.2, 0) is 39.0 Å². The molecule has 10 heteroatoms. The fourth-order valence-corrected chi connectivity index (χ4v) is 7.40. The number of nitrogens with zero attached hydrogens (tertiary/aromatic N) is 2. The van der Waals surface area contributed by atoms with E-state index in [1.807, 2.05) is 78.9 Å². The molecule has 48 heavy (non-hydrogen) atoms. The molecule has 0 spiro atoms. The summed E-state index contributed by atoms with van der Waals surface area (Å²) in [5.74, 6) is 0.997. The second-order valence-corrected chi connectivity index (χ2v) is 13.8. The van der Waals surface area contributed by atoms with Gasteiger partial charge in [-0.05, 0) is 84.3 Å². The van der Waals surface area contributed by atoms with Crippen molar-refractivity contribution in [3.63, 3.8) is 0 Å². The van der Waals surface area contributed by atoms with Crippen LogP contribution in [0.15, 0.2) is 108 Å². The maximum atomic E-state index is 14.1. The third-order valence-electron chi connectivity index (χ3n) is 8.63. The van der Waals surface area contributed by atoms with Gasteiger partial charge in [-0.1, -0.05) is 66.7 Å². The molecule has 0 bridgehead atoms. The molecule has 5 rings (SSSR count). The minimum Gasteiger partial charge on any atom is -0.497 e. The molecule has 0 aliphatic carbocycles.